The Morgan fingerprint density at radius 1 is 1.00 bits per heavy atom. The zero-order valence-corrected chi connectivity index (χ0v) is 14.3. The molecular weight excluding hydrogens is 258 g/mol. The van der Waals surface area contributed by atoms with Crippen LogP contribution in [0.5, 0.6) is 0 Å². The van der Waals surface area contributed by atoms with E-state index in [2.05, 4.69) is 56.0 Å². The van der Waals surface area contributed by atoms with Gasteiger partial charge in [0.2, 0.25) is 0 Å². The summed E-state index contributed by atoms with van der Waals surface area (Å²) in [7, 11) is 0. The zero-order valence-electron chi connectivity index (χ0n) is 14.3. The molecule has 2 rings (SSSR count). The van der Waals surface area contributed by atoms with Crippen molar-refractivity contribution in [2.45, 2.75) is 72.0 Å². The molecule has 0 aliphatic carbocycles. The van der Waals surface area contributed by atoms with E-state index in [0.29, 0.717) is 11.8 Å². The Morgan fingerprint density at radius 2 is 1.57 bits per heavy atom. The Balaban J connectivity index is 2.36. The van der Waals surface area contributed by atoms with Gasteiger partial charge in [-0.25, -0.2) is 0 Å². The van der Waals surface area contributed by atoms with Crippen LogP contribution in [0.3, 0.4) is 0 Å². The molecule has 1 aliphatic rings. The number of likely N-dealkylation sites (tertiary alicyclic amines) is 1. The quantitative estimate of drug-likeness (QED) is 0.792. The second kappa shape index (κ2) is 5.57. The molecule has 0 radical (unpaired) electrons. The van der Waals surface area contributed by atoms with E-state index in [1.807, 2.05) is 20.8 Å². The van der Waals surface area contributed by atoms with Gasteiger partial charge in [-0.05, 0) is 39.2 Å². The van der Waals surface area contributed by atoms with Crippen LogP contribution in [0.25, 0.3) is 0 Å². The predicted molar refractivity (Wildman–Crippen MR) is 88.3 cm³/mol. The van der Waals surface area contributed by atoms with Crippen molar-refractivity contribution in [1.82, 2.24) is 4.90 Å². The van der Waals surface area contributed by atoms with Gasteiger partial charge >= 0.3 is 0 Å². The van der Waals surface area contributed by atoms with Gasteiger partial charge in [-0.15, -0.1) is 0 Å². The Morgan fingerprint density at radius 3 is 2.05 bits per heavy atom. The summed E-state index contributed by atoms with van der Waals surface area (Å²) < 4.78 is 0. The van der Waals surface area contributed by atoms with Gasteiger partial charge < -0.3 is 0 Å². The van der Waals surface area contributed by atoms with E-state index in [9.17, 15) is 4.79 Å². The smallest absolute Gasteiger partial charge is 0.155 e. The second-order valence-corrected chi connectivity index (χ2v) is 8.21. The molecule has 21 heavy (non-hydrogen) atoms. The fourth-order valence-corrected chi connectivity index (χ4v) is 3.51. The van der Waals surface area contributed by atoms with Crippen molar-refractivity contribution < 1.29 is 4.79 Å². The van der Waals surface area contributed by atoms with Gasteiger partial charge in [0.25, 0.3) is 0 Å². The molecule has 1 saturated heterocycles. The third kappa shape index (κ3) is 3.37. The van der Waals surface area contributed by atoms with Crippen LogP contribution in [-0.4, -0.2) is 22.3 Å². The number of carbonyl (C=O) groups is 1. The summed E-state index contributed by atoms with van der Waals surface area (Å²) >= 11 is 0. The summed E-state index contributed by atoms with van der Waals surface area (Å²) in [6.45, 7) is 12.8. The highest BCUT2D eigenvalue weighted by Crippen LogP contribution is 2.43. The van der Waals surface area contributed by atoms with Crippen molar-refractivity contribution in [3.63, 3.8) is 0 Å². The van der Waals surface area contributed by atoms with Crippen molar-refractivity contribution in [1.29, 1.82) is 0 Å². The lowest BCUT2D eigenvalue weighted by Crippen LogP contribution is -2.51. The molecule has 116 valence electrons. The van der Waals surface area contributed by atoms with E-state index >= 15 is 0 Å². The highest BCUT2D eigenvalue weighted by atomic mass is 16.1. The van der Waals surface area contributed by atoms with Crippen LogP contribution in [0, 0.1) is 5.41 Å². The highest BCUT2D eigenvalue weighted by Gasteiger charge is 2.46. The lowest BCUT2D eigenvalue weighted by atomic mass is 9.84. The highest BCUT2D eigenvalue weighted by molar-refractivity contribution is 5.89. The van der Waals surface area contributed by atoms with Gasteiger partial charge in [0.15, 0.2) is 5.78 Å². The van der Waals surface area contributed by atoms with E-state index in [-0.39, 0.29) is 17.0 Å². The van der Waals surface area contributed by atoms with Gasteiger partial charge in [-0.3, -0.25) is 9.69 Å². The second-order valence-electron chi connectivity index (χ2n) is 8.21. The van der Waals surface area contributed by atoms with Gasteiger partial charge in [-0.1, -0.05) is 51.1 Å². The normalized spacial score (nSPS) is 24.3. The third-order valence-corrected chi connectivity index (χ3v) is 4.39. The molecule has 2 unspecified atom stereocenters. The molecule has 2 heteroatoms. The Labute approximate surface area is 129 Å². The van der Waals surface area contributed by atoms with Gasteiger partial charge in [-0.2, -0.15) is 0 Å². The number of nitrogens with zero attached hydrogens (tertiary/aromatic N) is 1. The summed E-state index contributed by atoms with van der Waals surface area (Å²) in [6.07, 6.45) is 2.03. The number of ketones is 1. The first-order valence-corrected chi connectivity index (χ1v) is 8.00. The minimum absolute atomic E-state index is 0.0113. The summed E-state index contributed by atoms with van der Waals surface area (Å²) in [6, 6.07) is 11.0. The maximum atomic E-state index is 12.9. The SMILES string of the molecule is CC(C)(C)C(=O)C1CCC(c2ccccc2)N1C(C)(C)C. The summed E-state index contributed by atoms with van der Waals surface area (Å²) in [5.74, 6) is 0.371. The summed E-state index contributed by atoms with van der Waals surface area (Å²) in [5, 5.41) is 0. The molecule has 1 heterocycles. The molecule has 2 nitrogen and oxygen atoms in total. The number of hydrogen-bond donors (Lipinski definition) is 0. The predicted octanol–water partition coefficient (Wildman–Crippen LogP) is 4.61. The van der Waals surface area contributed by atoms with Gasteiger partial charge in [0.05, 0.1) is 6.04 Å². The van der Waals surface area contributed by atoms with E-state index in [1.54, 1.807) is 0 Å². The van der Waals surface area contributed by atoms with Crippen LogP contribution in [0.4, 0.5) is 0 Å². The van der Waals surface area contributed by atoms with E-state index in [1.165, 1.54) is 5.56 Å². The molecule has 0 spiro atoms. The zero-order chi connectivity index (χ0) is 15.8. The Kier molecular flexibility index (Phi) is 4.30. The molecule has 0 amide bonds. The first kappa shape index (κ1) is 16.2. The van der Waals surface area contributed by atoms with E-state index in [4.69, 9.17) is 0 Å². The minimum atomic E-state index is -0.278. The maximum absolute atomic E-state index is 12.9. The topological polar surface area (TPSA) is 20.3 Å². The van der Waals surface area contributed by atoms with Crippen molar-refractivity contribution in [2.75, 3.05) is 0 Å². The first-order valence-electron chi connectivity index (χ1n) is 8.00. The van der Waals surface area contributed by atoms with Crippen LogP contribution < -0.4 is 0 Å². The summed E-state index contributed by atoms with van der Waals surface area (Å²) in [5.41, 5.74) is 1.04. The number of benzene rings is 1. The molecule has 1 aromatic carbocycles. The van der Waals surface area contributed by atoms with Crippen molar-refractivity contribution in [3.8, 4) is 0 Å². The Bertz CT molecular complexity index is 493. The fourth-order valence-electron chi connectivity index (χ4n) is 3.51. The number of Topliss-reactive ketones (excluding diaryl/α,β-unsaturated/α-hetero) is 1. The number of carbonyl (C=O) groups excluding carboxylic acids is 1. The van der Waals surface area contributed by atoms with Crippen molar-refractivity contribution in [2.24, 2.45) is 5.41 Å². The van der Waals surface area contributed by atoms with Gasteiger partial charge in [0, 0.05) is 17.0 Å². The minimum Gasteiger partial charge on any atom is -0.297 e. The van der Waals surface area contributed by atoms with Crippen LogP contribution in [0.15, 0.2) is 30.3 Å². The number of hydrogen-bond acceptors (Lipinski definition) is 2. The monoisotopic (exact) mass is 287 g/mol. The molecule has 0 bridgehead atoms. The average Bonchev–Trinajstić information content (AvgIpc) is 2.82. The average molecular weight is 287 g/mol. The summed E-state index contributed by atoms with van der Waals surface area (Å²) in [4.78, 5) is 15.3. The molecule has 1 aliphatic heterocycles. The van der Waals surface area contributed by atoms with Gasteiger partial charge in [0.1, 0.15) is 0 Å². The van der Waals surface area contributed by atoms with E-state index in [0.717, 1.165) is 12.8 Å². The molecule has 2 atom stereocenters. The first-order chi connectivity index (χ1) is 9.62. The third-order valence-electron chi connectivity index (χ3n) is 4.39. The standard InChI is InChI=1S/C19H29NO/c1-18(2,3)17(21)16-13-12-15(20(16)19(4,5)6)14-10-8-7-9-11-14/h7-11,15-16H,12-13H2,1-6H3. The largest absolute Gasteiger partial charge is 0.297 e. The molecule has 1 fully saturated rings. The molecule has 1 aromatic rings. The molecular formula is C19H29NO. The lowest BCUT2D eigenvalue weighted by Gasteiger charge is -2.42. The Hall–Kier alpha value is -1.15. The molecule has 0 N–H and O–H groups in total. The van der Waals surface area contributed by atoms with Crippen molar-refractivity contribution in [3.05, 3.63) is 35.9 Å². The maximum Gasteiger partial charge on any atom is 0.155 e. The van der Waals surface area contributed by atoms with Crippen LogP contribution in [0.2, 0.25) is 0 Å². The van der Waals surface area contributed by atoms with Crippen LogP contribution in [-0.2, 0) is 4.79 Å². The fraction of sp³-hybridized carbons (Fsp3) is 0.632. The molecule has 0 saturated carbocycles. The van der Waals surface area contributed by atoms with Crippen molar-refractivity contribution >= 4 is 5.78 Å². The number of rotatable bonds is 2. The van der Waals surface area contributed by atoms with Crippen LogP contribution >= 0.6 is 0 Å². The van der Waals surface area contributed by atoms with Crippen LogP contribution in [0.1, 0.15) is 66.0 Å². The van der Waals surface area contributed by atoms with E-state index < -0.39 is 0 Å². The molecule has 0 aromatic heterocycles. The lowest BCUT2D eigenvalue weighted by molar-refractivity contribution is -0.133.